The first-order chi connectivity index (χ1) is 18.2. The van der Waals surface area contributed by atoms with Crippen molar-refractivity contribution >= 4 is 33.2 Å². The van der Waals surface area contributed by atoms with Crippen molar-refractivity contribution in [1.82, 2.24) is 4.98 Å². The fraction of sp³-hybridized carbons (Fsp3) is 0.0714. The molecule has 0 fully saturated rings. The number of benzene rings is 2. The second-order valence-electron chi connectivity index (χ2n) is 8.07. The van der Waals surface area contributed by atoms with Gasteiger partial charge in [-0.1, -0.05) is 36.1 Å². The highest BCUT2D eigenvalue weighted by Crippen LogP contribution is 2.17. The molecule has 38 heavy (non-hydrogen) atoms. The van der Waals surface area contributed by atoms with Crippen LogP contribution in [0.3, 0.4) is 0 Å². The van der Waals surface area contributed by atoms with E-state index in [2.05, 4.69) is 26.5 Å². The van der Waals surface area contributed by atoms with Crippen LogP contribution < -0.4 is 5.32 Å². The molecule has 2 aromatic heterocycles. The zero-order chi connectivity index (χ0) is 27.1. The number of anilines is 1. The minimum absolute atomic E-state index is 0.0145. The number of nitrogens with zero attached hydrogens (tertiary/aromatic N) is 2. The highest BCUT2D eigenvalue weighted by atomic mass is 32.2. The molecule has 0 aliphatic heterocycles. The molecule has 10 heteroatoms. The van der Waals surface area contributed by atoms with Gasteiger partial charge in [0.05, 0.1) is 21.6 Å². The SMILES string of the molecule is Cc1ccoc1C(=O)Nc1cccc(C#Cc2cncc(C(=O)N=S(=O)(CC(=O)O)c3ccccc3)c2)c1. The van der Waals surface area contributed by atoms with Crippen LogP contribution in [0, 0.1) is 18.8 Å². The van der Waals surface area contributed by atoms with Crippen LogP contribution in [-0.2, 0) is 14.5 Å². The van der Waals surface area contributed by atoms with Crippen molar-refractivity contribution < 1.29 is 28.1 Å². The number of aliphatic carboxylic acids is 1. The number of carboxylic acids is 1. The third-order valence-corrected chi connectivity index (χ3v) is 7.29. The Kier molecular flexibility index (Phi) is 7.80. The van der Waals surface area contributed by atoms with E-state index in [0.29, 0.717) is 16.8 Å². The summed E-state index contributed by atoms with van der Waals surface area (Å²) in [5, 5.41) is 12.0. The van der Waals surface area contributed by atoms with Gasteiger partial charge in [-0.05, 0) is 49.4 Å². The minimum Gasteiger partial charge on any atom is -0.481 e. The van der Waals surface area contributed by atoms with E-state index >= 15 is 0 Å². The summed E-state index contributed by atoms with van der Waals surface area (Å²) in [6.45, 7) is 1.77. The molecule has 9 nitrogen and oxygen atoms in total. The second-order valence-corrected chi connectivity index (χ2v) is 10.3. The van der Waals surface area contributed by atoms with Gasteiger partial charge in [-0.2, -0.15) is 4.36 Å². The summed E-state index contributed by atoms with van der Waals surface area (Å²) in [6.07, 6.45) is 4.13. The van der Waals surface area contributed by atoms with Gasteiger partial charge in [0.1, 0.15) is 5.75 Å². The number of amides is 2. The first kappa shape index (κ1) is 26.1. The zero-order valence-corrected chi connectivity index (χ0v) is 20.9. The van der Waals surface area contributed by atoms with Gasteiger partial charge in [-0.3, -0.25) is 19.4 Å². The summed E-state index contributed by atoms with van der Waals surface area (Å²) in [7, 11) is -3.55. The van der Waals surface area contributed by atoms with Gasteiger partial charge in [0.25, 0.3) is 11.8 Å². The molecule has 4 rings (SSSR count). The van der Waals surface area contributed by atoms with E-state index in [0.717, 1.165) is 5.56 Å². The lowest BCUT2D eigenvalue weighted by atomic mass is 10.1. The molecule has 0 saturated heterocycles. The molecule has 1 atom stereocenters. The summed E-state index contributed by atoms with van der Waals surface area (Å²) in [5.41, 5.74) is 2.23. The molecule has 4 aromatic rings. The molecule has 0 bridgehead atoms. The van der Waals surface area contributed by atoms with E-state index in [9.17, 15) is 23.7 Å². The quantitative estimate of drug-likeness (QED) is 0.355. The summed E-state index contributed by atoms with van der Waals surface area (Å²) in [4.78, 5) is 40.7. The maximum absolute atomic E-state index is 13.3. The van der Waals surface area contributed by atoms with E-state index in [1.165, 1.54) is 36.9 Å². The van der Waals surface area contributed by atoms with Gasteiger partial charge in [-0.15, -0.1) is 0 Å². The molecule has 2 N–H and O–H groups in total. The van der Waals surface area contributed by atoms with Gasteiger partial charge in [-0.25, -0.2) is 4.21 Å². The van der Waals surface area contributed by atoms with Crippen LogP contribution in [0.1, 0.15) is 37.6 Å². The number of rotatable bonds is 6. The predicted octanol–water partition coefficient (Wildman–Crippen LogP) is 4.39. The predicted molar refractivity (Wildman–Crippen MR) is 140 cm³/mol. The molecule has 1 unspecified atom stereocenters. The van der Waals surface area contributed by atoms with Crippen molar-refractivity contribution in [3.8, 4) is 11.8 Å². The van der Waals surface area contributed by atoms with Crippen LogP contribution in [0.25, 0.3) is 0 Å². The summed E-state index contributed by atoms with van der Waals surface area (Å²) in [5.74, 6) is 2.66. The van der Waals surface area contributed by atoms with Gasteiger partial charge < -0.3 is 14.8 Å². The number of furan rings is 1. The average Bonchev–Trinajstić information content (AvgIpc) is 3.34. The Labute approximate surface area is 218 Å². The van der Waals surface area contributed by atoms with Gasteiger partial charge in [0.2, 0.25) is 0 Å². The topological polar surface area (TPSA) is 139 Å². The third-order valence-electron chi connectivity index (χ3n) is 5.19. The number of pyridine rings is 1. The van der Waals surface area contributed by atoms with Gasteiger partial charge >= 0.3 is 5.97 Å². The second kappa shape index (κ2) is 11.4. The Morgan fingerprint density at radius 1 is 1.00 bits per heavy atom. The van der Waals surface area contributed by atoms with Crippen LogP contribution in [0.2, 0.25) is 0 Å². The normalized spacial score (nSPS) is 11.9. The number of aromatic nitrogens is 1. The molecule has 0 aliphatic carbocycles. The molecule has 2 heterocycles. The molecular weight excluding hydrogens is 506 g/mol. The van der Waals surface area contributed by atoms with Crippen molar-refractivity contribution in [3.63, 3.8) is 0 Å². The lowest BCUT2D eigenvalue weighted by Gasteiger charge is -2.07. The van der Waals surface area contributed by atoms with Crippen LogP contribution in [-0.4, -0.2) is 37.8 Å². The number of hydrogen-bond donors (Lipinski definition) is 2. The first-order valence-electron chi connectivity index (χ1n) is 11.2. The van der Waals surface area contributed by atoms with E-state index in [1.807, 2.05) is 0 Å². The molecule has 0 radical (unpaired) electrons. The smallest absolute Gasteiger partial charge is 0.317 e. The van der Waals surface area contributed by atoms with Crippen molar-refractivity contribution in [1.29, 1.82) is 0 Å². The number of carbonyl (C=O) groups excluding carboxylic acids is 2. The van der Waals surface area contributed by atoms with Crippen molar-refractivity contribution in [3.05, 3.63) is 113 Å². The molecule has 0 saturated carbocycles. The summed E-state index contributed by atoms with van der Waals surface area (Å²) < 4.78 is 22.3. The van der Waals surface area contributed by atoms with Crippen LogP contribution in [0.5, 0.6) is 0 Å². The standard InChI is InChI=1S/C28H21N3O6S/c1-19-12-13-37-26(19)28(35)30-23-7-5-6-20(15-23)10-11-21-14-22(17-29-16-21)27(34)31-38(36,18-25(32)33)24-8-3-2-4-9-24/h2-9,12-17H,18H2,1H3,(H,30,35)(H,32,33). The van der Waals surface area contributed by atoms with Crippen LogP contribution in [0.4, 0.5) is 5.69 Å². The lowest BCUT2D eigenvalue weighted by molar-refractivity contribution is -0.134. The maximum atomic E-state index is 13.3. The van der Waals surface area contributed by atoms with Crippen LogP contribution >= 0.6 is 0 Å². The Balaban J connectivity index is 1.56. The number of nitrogens with one attached hydrogen (secondary N) is 1. The summed E-state index contributed by atoms with van der Waals surface area (Å²) in [6, 6.07) is 17.8. The minimum atomic E-state index is -3.55. The molecular formula is C28H21N3O6S. The Hall–Kier alpha value is -5.01. The largest absolute Gasteiger partial charge is 0.481 e. The zero-order valence-electron chi connectivity index (χ0n) is 20.1. The molecule has 0 spiro atoms. The molecule has 190 valence electrons. The highest BCUT2D eigenvalue weighted by Gasteiger charge is 2.20. The van der Waals surface area contributed by atoms with Gasteiger partial charge in [0.15, 0.2) is 5.76 Å². The van der Waals surface area contributed by atoms with E-state index in [-0.39, 0.29) is 22.1 Å². The average molecular weight is 528 g/mol. The number of carboxylic acid groups (broad SMARTS) is 1. The third kappa shape index (κ3) is 6.40. The van der Waals surface area contributed by atoms with Gasteiger partial charge in [0, 0.05) is 39.7 Å². The van der Waals surface area contributed by atoms with Crippen molar-refractivity contribution in [2.75, 3.05) is 11.1 Å². The van der Waals surface area contributed by atoms with Crippen molar-refractivity contribution in [2.45, 2.75) is 11.8 Å². The number of hydrogen-bond acceptors (Lipinski definition) is 6. The number of aryl methyl sites for hydroxylation is 1. The Morgan fingerprint density at radius 2 is 1.76 bits per heavy atom. The fourth-order valence-electron chi connectivity index (χ4n) is 3.39. The van der Waals surface area contributed by atoms with Crippen molar-refractivity contribution in [2.24, 2.45) is 4.36 Å². The highest BCUT2D eigenvalue weighted by molar-refractivity contribution is 7.94. The monoisotopic (exact) mass is 527 g/mol. The maximum Gasteiger partial charge on any atom is 0.317 e. The molecule has 0 aliphatic rings. The fourth-order valence-corrected chi connectivity index (χ4v) is 5.02. The molecule has 2 aromatic carbocycles. The van der Waals surface area contributed by atoms with E-state index < -0.39 is 27.4 Å². The van der Waals surface area contributed by atoms with E-state index in [4.69, 9.17) is 4.42 Å². The number of carbonyl (C=O) groups is 3. The molecule has 2 amide bonds. The van der Waals surface area contributed by atoms with E-state index in [1.54, 1.807) is 55.5 Å². The van der Waals surface area contributed by atoms with Crippen LogP contribution in [0.15, 0.2) is 99.1 Å². The summed E-state index contributed by atoms with van der Waals surface area (Å²) >= 11 is 0. The Morgan fingerprint density at radius 3 is 2.47 bits per heavy atom. The lowest BCUT2D eigenvalue weighted by Crippen LogP contribution is -2.17. The Bertz CT molecular complexity index is 1710. The first-order valence-corrected chi connectivity index (χ1v) is 12.9.